The summed E-state index contributed by atoms with van der Waals surface area (Å²) in [6.07, 6.45) is 1.15. The van der Waals surface area contributed by atoms with Gasteiger partial charge in [-0.15, -0.1) is 0 Å². The summed E-state index contributed by atoms with van der Waals surface area (Å²) in [6, 6.07) is 4.66. The Kier molecular flexibility index (Phi) is 2.89. The van der Waals surface area contributed by atoms with Crippen molar-refractivity contribution < 1.29 is 9.47 Å². The molecule has 3 rings (SSSR count). The predicted molar refractivity (Wildman–Crippen MR) is 67.3 cm³/mol. The summed E-state index contributed by atoms with van der Waals surface area (Å²) in [5, 5.41) is 4.12. The number of hydrogen-bond acceptors (Lipinski definition) is 3. The standard InChI is InChI=1S/C13H16ClNO2/c1-8-4-10(7-15-8)9-5-11(14)13-12(6-9)16-2-3-17-13/h5-6,8,10,15H,2-4,7H2,1H3. The van der Waals surface area contributed by atoms with Crippen LogP contribution in [0.4, 0.5) is 0 Å². The molecule has 1 fully saturated rings. The normalized spacial score (nSPS) is 27.2. The summed E-state index contributed by atoms with van der Waals surface area (Å²) in [6.45, 7) is 4.40. The van der Waals surface area contributed by atoms with Crippen LogP contribution >= 0.6 is 11.6 Å². The summed E-state index contributed by atoms with van der Waals surface area (Å²) < 4.78 is 11.1. The van der Waals surface area contributed by atoms with Crippen LogP contribution in [0.3, 0.4) is 0 Å². The summed E-state index contributed by atoms with van der Waals surface area (Å²) in [5.74, 6) is 2.01. The lowest BCUT2D eigenvalue weighted by molar-refractivity contribution is 0.171. The van der Waals surface area contributed by atoms with Gasteiger partial charge in [-0.3, -0.25) is 0 Å². The van der Waals surface area contributed by atoms with Gasteiger partial charge < -0.3 is 14.8 Å². The van der Waals surface area contributed by atoms with E-state index < -0.39 is 0 Å². The first kappa shape index (κ1) is 11.2. The van der Waals surface area contributed by atoms with Crippen LogP contribution in [-0.2, 0) is 0 Å². The van der Waals surface area contributed by atoms with Gasteiger partial charge in [0.1, 0.15) is 13.2 Å². The maximum atomic E-state index is 6.24. The third-order valence-electron chi connectivity index (χ3n) is 3.44. The van der Waals surface area contributed by atoms with Crippen molar-refractivity contribution in [1.29, 1.82) is 0 Å². The number of fused-ring (bicyclic) bond motifs is 1. The van der Waals surface area contributed by atoms with E-state index in [1.54, 1.807) is 0 Å². The molecule has 2 atom stereocenters. The topological polar surface area (TPSA) is 30.5 Å². The molecule has 17 heavy (non-hydrogen) atoms. The van der Waals surface area contributed by atoms with Gasteiger partial charge in [0.05, 0.1) is 5.02 Å². The zero-order chi connectivity index (χ0) is 11.8. The molecule has 0 radical (unpaired) electrons. The molecule has 0 saturated carbocycles. The average Bonchev–Trinajstić information content (AvgIpc) is 2.76. The van der Waals surface area contributed by atoms with Crippen LogP contribution in [0.5, 0.6) is 11.5 Å². The molecule has 2 aliphatic rings. The molecule has 2 aliphatic heterocycles. The lowest BCUT2D eigenvalue weighted by atomic mass is 9.96. The molecule has 1 saturated heterocycles. The molecule has 2 heterocycles. The lowest BCUT2D eigenvalue weighted by Crippen LogP contribution is -2.17. The van der Waals surface area contributed by atoms with Crippen LogP contribution in [0.2, 0.25) is 5.02 Å². The van der Waals surface area contributed by atoms with Crippen molar-refractivity contribution in [2.24, 2.45) is 0 Å². The zero-order valence-electron chi connectivity index (χ0n) is 9.83. The fourth-order valence-corrected chi connectivity index (χ4v) is 2.83. The molecule has 1 N–H and O–H groups in total. The van der Waals surface area contributed by atoms with Crippen molar-refractivity contribution in [1.82, 2.24) is 5.32 Å². The van der Waals surface area contributed by atoms with Crippen molar-refractivity contribution >= 4 is 11.6 Å². The van der Waals surface area contributed by atoms with Gasteiger partial charge in [-0.2, -0.15) is 0 Å². The van der Waals surface area contributed by atoms with Crippen molar-refractivity contribution in [3.63, 3.8) is 0 Å². The minimum Gasteiger partial charge on any atom is -0.486 e. The van der Waals surface area contributed by atoms with Crippen LogP contribution in [0.15, 0.2) is 12.1 Å². The van der Waals surface area contributed by atoms with E-state index in [-0.39, 0.29) is 0 Å². The van der Waals surface area contributed by atoms with Gasteiger partial charge in [-0.25, -0.2) is 0 Å². The molecule has 4 heteroatoms. The molecule has 1 aromatic carbocycles. The molecule has 0 aliphatic carbocycles. The van der Waals surface area contributed by atoms with E-state index in [9.17, 15) is 0 Å². The Labute approximate surface area is 106 Å². The molecule has 0 aromatic heterocycles. The molecular formula is C13H16ClNO2. The fourth-order valence-electron chi connectivity index (χ4n) is 2.56. The number of hydrogen-bond donors (Lipinski definition) is 1. The largest absolute Gasteiger partial charge is 0.486 e. The van der Waals surface area contributed by atoms with Gasteiger partial charge in [0, 0.05) is 12.6 Å². The first-order chi connectivity index (χ1) is 8.24. The Morgan fingerprint density at radius 3 is 2.88 bits per heavy atom. The van der Waals surface area contributed by atoms with Crippen LogP contribution in [-0.4, -0.2) is 25.8 Å². The fraction of sp³-hybridized carbons (Fsp3) is 0.538. The molecule has 0 amide bonds. The quantitative estimate of drug-likeness (QED) is 0.835. The molecule has 0 spiro atoms. The van der Waals surface area contributed by atoms with E-state index in [0.29, 0.717) is 35.9 Å². The van der Waals surface area contributed by atoms with Gasteiger partial charge in [-0.1, -0.05) is 11.6 Å². The Balaban J connectivity index is 1.93. The lowest BCUT2D eigenvalue weighted by Gasteiger charge is -2.21. The van der Waals surface area contributed by atoms with Crippen LogP contribution in [0.25, 0.3) is 0 Å². The highest BCUT2D eigenvalue weighted by molar-refractivity contribution is 6.32. The minimum absolute atomic E-state index is 0.526. The summed E-state index contributed by atoms with van der Waals surface area (Å²) in [5.41, 5.74) is 1.25. The highest BCUT2D eigenvalue weighted by Crippen LogP contribution is 2.41. The van der Waals surface area contributed by atoms with Gasteiger partial charge in [0.25, 0.3) is 0 Å². The molecular weight excluding hydrogens is 238 g/mol. The van der Waals surface area contributed by atoms with E-state index in [1.165, 1.54) is 5.56 Å². The molecule has 1 aromatic rings. The predicted octanol–water partition coefficient (Wildman–Crippen LogP) is 2.58. The van der Waals surface area contributed by atoms with E-state index in [0.717, 1.165) is 18.7 Å². The van der Waals surface area contributed by atoms with Gasteiger partial charge in [0.2, 0.25) is 0 Å². The van der Waals surface area contributed by atoms with Crippen LogP contribution in [0.1, 0.15) is 24.8 Å². The zero-order valence-corrected chi connectivity index (χ0v) is 10.6. The Morgan fingerprint density at radius 1 is 1.29 bits per heavy atom. The maximum absolute atomic E-state index is 6.24. The second-order valence-electron chi connectivity index (χ2n) is 4.77. The number of halogens is 1. The van der Waals surface area contributed by atoms with E-state index in [4.69, 9.17) is 21.1 Å². The second kappa shape index (κ2) is 4.39. The second-order valence-corrected chi connectivity index (χ2v) is 5.18. The van der Waals surface area contributed by atoms with E-state index in [1.807, 2.05) is 6.07 Å². The van der Waals surface area contributed by atoms with Gasteiger partial charge in [0.15, 0.2) is 11.5 Å². The average molecular weight is 254 g/mol. The number of ether oxygens (including phenoxy) is 2. The van der Waals surface area contributed by atoms with Crippen molar-refractivity contribution in [2.75, 3.05) is 19.8 Å². The molecule has 0 bridgehead atoms. The van der Waals surface area contributed by atoms with Crippen LogP contribution in [0, 0.1) is 0 Å². The van der Waals surface area contributed by atoms with Crippen molar-refractivity contribution in [3.05, 3.63) is 22.7 Å². The third-order valence-corrected chi connectivity index (χ3v) is 3.72. The van der Waals surface area contributed by atoms with Crippen molar-refractivity contribution in [2.45, 2.75) is 25.3 Å². The molecule has 2 unspecified atom stereocenters. The first-order valence-corrected chi connectivity index (χ1v) is 6.44. The van der Waals surface area contributed by atoms with E-state index in [2.05, 4.69) is 18.3 Å². The maximum Gasteiger partial charge on any atom is 0.179 e. The molecule has 92 valence electrons. The monoisotopic (exact) mass is 253 g/mol. The molecule has 3 nitrogen and oxygen atoms in total. The Hall–Kier alpha value is -0.930. The SMILES string of the molecule is CC1CC(c2cc(Cl)c3c(c2)OCCO3)CN1. The number of rotatable bonds is 1. The third kappa shape index (κ3) is 2.09. The van der Waals surface area contributed by atoms with Crippen molar-refractivity contribution in [3.8, 4) is 11.5 Å². The highest BCUT2D eigenvalue weighted by atomic mass is 35.5. The highest BCUT2D eigenvalue weighted by Gasteiger charge is 2.25. The summed E-state index contributed by atoms with van der Waals surface area (Å²) in [7, 11) is 0. The van der Waals surface area contributed by atoms with Crippen LogP contribution < -0.4 is 14.8 Å². The summed E-state index contributed by atoms with van der Waals surface area (Å²) >= 11 is 6.24. The number of benzene rings is 1. The van der Waals surface area contributed by atoms with Gasteiger partial charge in [-0.05, 0) is 37.0 Å². The van der Waals surface area contributed by atoms with Gasteiger partial charge >= 0.3 is 0 Å². The Morgan fingerprint density at radius 2 is 2.12 bits per heavy atom. The Bertz CT molecular complexity index is 436. The summed E-state index contributed by atoms with van der Waals surface area (Å²) in [4.78, 5) is 0. The first-order valence-electron chi connectivity index (χ1n) is 6.06. The minimum atomic E-state index is 0.526. The smallest absolute Gasteiger partial charge is 0.179 e. The van der Waals surface area contributed by atoms with E-state index >= 15 is 0 Å². The number of nitrogens with one attached hydrogen (secondary N) is 1.